The van der Waals surface area contributed by atoms with E-state index in [4.69, 9.17) is 9.47 Å². The molecule has 0 aromatic heterocycles. The Morgan fingerprint density at radius 2 is 1.40 bits per heavy atom. The van der Waals surface area contributed by atoms with Gasteiger partial charge in [0, 0.05) is 29.2 Å². The summed E-state index contributed by atoms with van der Waals surface area (Å²) in [5, 5.41) is 0. The summed E-state index contributed by atoms with van der Waals surface area (Å²) in [5.41, 5.74) is 2.85. The van der Waals surface area contributed by atoms with Gasteiger partial charge in [-0.05, 0) is 0 Å². The third-order valence-corrected chi connectivity index (χ3v) is 5.87. The van der Waals surface area contributed by atoms with Crippen molar-refractivity contribution in [3.05, 3.63) is 113 Å². The number of esters is 1. The van der Waals surface area contributed by atoms with Crippen LogP contribution in [0.4, 0.5) is 0 Å². The monoisotopic (exact) mass is 396 g/mol. The van der Waals surface area contributed by atoms with E-state index in [1.165, 1.54) is 6.92 Å². The molecule has 4 nitrogen and oxygen atoms in total. The molecule has 0 spiro atoms. The number of hydrogen-bond acceptors (Lipinski definition) is 4. The van der Waals surface area contributed by atoms with Crippen LogP contribution in [0.3, 0.4) is 0 Å². The Bertz CT molecular complexity index is 1120. The fraction of sp³-hybridized carbons (Fsp3) is 0.154. The van der Waals surface area contributed by atoms with Crippen molar-refractivity contribution >= 4 is 17.5 Å². The molecule has 3 aromatic carbocycles. The maximum Gasteiger partial charge on any atom is 0.302 e. The normalized spacial score (nSPS) is 18.6. The molecule has 30 heavy (non-hydrogen) atoms. The average Bonchev–Trinajstić information content (AvgIpc) is 3.27. The Hall–Kier alpha value is -3.66. The third kappa shape index (κ3) is 2.61. The molecule has 5 rings (SSSR count). The van der Waals surface area contributed by atoms with Gasteiger partial charge in [0.25, 0.3) is 0 Å². The number of benzene rings is 3. The molecule has 4 heteroatoms. The van der Waals surface area contributed by atoms with Crippen molar-refractivity contribution in [2.24, 2.45) is 5.92 Å². The van der Waals surface area contributed by atoms with Crippen LogP contribution in [0.15, 0.2) is 90.5 Å². The molecule has 1 heterocycles. The molecular formula is C26H20O4. The summed E-state index contributed by atoms with van der Waals surface area (Å²) < 4.78 is 12.2. The van der Waals surface area contributed by atoms with Gasteiger partial charge in [0.1, 0.15) is 12.4 Å². The zero-order valence-electron chi connectivity index (χ0n) is 16.5. The smallest absolute Gasteiger partial charge is 0.302 e. The first-order valence-corrected chi connectivity index (χ1v) is 9.94. The van der Waals surface area contributed by atoms with Gasteiger partial charge < -0.3 is 9.47 Å². The van der Waals surface area contributed by atoms with Crippen LogP contribution < -0.4 is 0 Å². The van der Waals surface area contributed by atoms with E-state index in [9.17, 15) is 9.59 Å². The molecule has 0 amide bonds. The molecule has 0 saturated heterocycles. The molecule has 0 radical (unpaired) electrons. The Kier molecular flexibility index (Phi) is 4.28. The number of fused-ring (bicyclic) bond motifs is 2. The molecule has 3 aromatic rings. The van der Waals surface area contributed by atoms with Gasteiger partial charge in [0.15, 0.2) is 11.4 Å². The van der Waals surface area contributed by atoms with Crippen LogP contribution >= 0.6 is 0 Å². The van der Waals surface area contributed by atoms with E-state index < -0.39 is 11.5 Å². The van der Waals surface area contributed by atoms with Crippen LogP contribution in [0.25, 0.3) is 5.76 Å². The van der Waals surface area contributed by atoms with Crippen LogP contribution in [-0.4, -0.2) is 18.4 Å². The Morgan fingerprint density at radius 3 is 1.97 bits per heavy atom. The summed E-state index contributed by atoms with van der Waals surface area (Å²) in [5.74, 6) is -0.338. The van der Waals surface area contributed by atoms with E-state index >= 15 is 0 Å². The number of carbonyl (C=O) groups is 2. The number of carbonyl (C=O) groups excluding carboxylic acids is 2. The van der Waals surface area contributed by atoms with Crippen molar-refractivity contribution in [3.8, 4) is 0 Å². The lowest BCUT2D eigenvalue weighted by Crippen LogP contribution is -2.40. The van der Waals surface area contributed by atoms with Crippen molar-refractivity contribution in [1.29, 1.82) is 0 Å². The maximum atomic E-state index is 13.4. The van der Waals surface area contributed by atoms with Crippen LogP contribution in [0.1, 0.15) is 34.0 Å². The molecule has 0 saturated carbocycles. The molecule has 0 bridgehead atoms. The molecule has 1 atom stereocenters. The lowest BCUT2D eigenvalue weighted by Gasteiger charge is -2.37. The molecule has 148 valence electrons. The second-order valence-electron chi connectivity index (χ2n) is 7.54. The quantitative estimate of drug-likeness (QED) is 0.598. The number of ketones is 1. The highest BCUT2D eigenvalue weighted by Gasteiger charge is 2.57. The van der Waals surface area contributed by atoms with E-state index in [1.807, 2.05) is 84.9 Å². The first kappa shape index (κ1) is 18.4. The second kappa shape index (κ2) is 6.99. The van der Waals surface area contributed by atoms with Gasteiger partial charge in [-0.1, -0.05) is 84.9 Å². The predicted molar refractivity (Wildman–Crippen MR) is 113 cm³/mol. The molecule has 0 N–H and O–H groups in total. The zero-order chi connectivity index (χ0) is 20.7. The van der Waals surface area contributed by atoms with Gasteiger partial charge >= 0.3 is 5.97 Å². The minimum absolute atomic E-state index is 0.0533. The second-order valence-corrected chi connectivity index (χ2v) is 7.54. The van der Waals surface area contributed by atoms with Crippen LogP contribution in [0, 0.1) is 5.92 Å². The van der Waals surface area contributed by atoms with Crippen molar-refractivity contribution in [3.63, 3.8) is 0 Å². The Labute approximate surface area is 174 Å². The minimum Gasteiger partial charge on any atom is -0.476 e. The van der Waals surface area contributed by atoms with Gasteiger partial charge in [-0.15, -0.1) is 0 Å². The largest absolute Gasteiger partial charge is 0.476 e. The van der Waals surface area contributed by atoms with Gasteiger partial charge in [-0.25, -0.2) is 0 Å². The lowest BCUT2D eigenvalue weighted by atomic mass is 9.73. The van der Waals surface area contributed by atoms with Crippen molar-refractivity contribution in [2.45, 2.75) is 12.5 Å². The van der Waals surface area contributed by atoms with Crippen LogP contribution in [0.5, 0.6) is 0 Å². The minimum atomic E-state index is -0.966. The summed E-state index contributed by atoms with van der Waals surface area (Å²) in [7, 11) is 0. The maximum absolute atomic E-state index is 13.4. The number of hydrogen-bond donors (Lipinski definition) is 0. The van der Waals surface area contributed by atoms with Crippen LogP contribution in [0.2, 0.25) is 0 Å². The number of ether oxygens (including phenoxy) is 2. The Morgan fingerprint density at radius 1 is 0.867 bits per heavy atom. The zero-order valence-corrected chi connectivity index (χ0v) is 16.5. The Balaban J connectivity index is 1.75. The predicted octanol–water partition coefficient (Wildman–Crippen LogP) is 4.75. The van der Waals surface area contributed by atoms with Gasteiger partial charge in [0.05, 0.1) is 11.5 Å². The van der Waals surface area contributed by atoms with Gasteiger partial charge in [-0.3, -0.25) is 9.59 Å². The van der Waals surface area contributed by atoms with Gasteiger partial charge in [0.2, 0.25) is 0 Å². The molecule has 1 aliphatic carbocycles. The van der Waals surface area contributed by atoms with Gasteiger partial charge in [-0.2, -0.15) is 0 Å². The molecular weight excluding hydrogens is 376 g/mol. The molecule has 1 aliphatic heterocycles. The first-order valence-electron chi connectivity index (χ1n) is 9.94. The highest BCUT2D eigenvalue weighted by molar-refractivity contribution is 6.21. The highest BCUT2D eigenvalue weighted by atomic mass is 16.5. The first-order chi connectivity index (χ1) is 14.6. The molecule has 1 unspecified atom stereocenters. The fourth-order valence-electron chi connectivity index (χ4n) is 4.59. The number of rotatable bonds is 4. The SMILES string of the molecule is CC(=O)OCC1C2=C(OC1(c1ccccc1)c1ccccc1)c1ccccc1C2=O. The van der Waals surface area contributed by atoms with E-state index in [0.29, 0.717) is 16.9 Å². The van der Waals surface area contributed by atoms with Crippen molar-refractivity contribution in [1.82, 2.24) is 0 Å². The van der Waals surface area contributed by atoms with E-state index in [2.05, 4.69) is 0 Å². The van der Waals surface area contributed by atoms with Crippen molar-refractivity contribution < 1.29 is 19.1 Å². The fourth-order valence-corrected chi connectivity index (χ4v) is 4.59. The van der Waals surface area contributed by atoms with Crippen molar-refractivity contribution in [2.75, 3.05) is 6.61 Å². The van der Waals surface area contributed by atoms with E-state index in [1.54, 1.807) is 0 Å². The summed E-state index contributed by atoms with van der Waals surface area (Å²) in [6.07, 6.45) is 0. The van der Waals surface area contributed by atoms with E-state index in [0.717, 1.165) is 16.7 Å². The highest BCUT2D eigenvalue weighted by Crippen LogP contribution is 2.56. The number of Topliss-reactive ketones (excluding diaryl/α,β-unsaturated/α-hetero) is 1. The van der Waals surface area contributed by atoms with E-state index in [-0.39, 0.29) is 18.4 Å². The topological polar surface area (TPSA) is 52.6 Å². The summed E-state index contributed by atoms with van der Waals surface area (Å²) in [4.78, 5) is 25.1. The average molecular weight is 396 g/mol. The summed E-state index contributed by atoms with van der Waals surface area (Å²) >= 11 is 0. The van der Waals surface area contributed by atoms with Crippen LogP contribution in [-0.2, 0) is 19.9 Å². The standard InChI is InChI=1S/C26H20O4/c1-17(27)29-16-22-23-24(28)20-14-8-9-15-21(20)25(23)30-26(22,18-10-4-2-5-11-18)19-12-6-3-7-13-19/h2-15,22H,16H2,1H3. The molecule has 2 aliphatic rings. The molecule has 0 fully saturated rings. The third-order valence-electron chi connectivity index (χ3n) is 5.87. The summed E-state index contributed by atoms with van der Waals surface area (Å²) in [6.45, 7) is 1.43. The summed E-state index contributed by atoms with van der Waals surface area (Å²) in [6, 6.07) is 27.1. The lowest BCUT2D eigenvalue weighted by molar-refractivity contribution is -0.143.